The van der Waals surface area contributed by atoms with Gasteiger partial charge in [0.2, 0.25) is 0 Å². The van der Waals surface area contributed by atoms with E-state index in [1.54, 1.807) is 0 Å². The Morgan fingerprint density at radius 2 is 2.00 bits per heavy atom. The first kappa shape index (κ1) is 12.5. The Balaban J connectivity index is 2.07. The summed E-state index contributed by atoms with van der Waals surface area (Å²) in [5.41, 5.74) is 1.39. The van der Waals surface area contributed by atoms with Gasteiger partial charge in [0.1, 0.15) is 0 Å². The molecular formula is C14H23N3. The monoisotopic (exact) mass is 233 g/mol. The summed E-state index contributed by atoms with van der Waals surface area (Å²) >= 11 is 0. The Morgan fingerprint density at radius 3 is 2.59 bits per heavy atom. The van der Waals surface area contributed by atoms with E-state index in [0.29, 0.717) is 6.04 Å². The maximum Gasteiger partial charge on any atom is 0.0346 e. The number of piperidine rings is 1. The van der Waals surface area contributed by atoms with E-state index in [9.17, 15) is 0 Å². The third-order valence-corrected chi connectivity index (χ3v) is 3.85. The van der Waals surface area contributed by atoms with Crippen molar-refractivity contribution in [1.82, 2.24) is 15.2 Å². The Kier molecular flexibility index (Phi) is 4.51. The molecule has 94 valence electrons. The first-order valence-corrected chi connectivity index (χ1v) is 6.65. The third-order valence-electron chi connectivity index (χ3n) is 3.85. The van der Waals surface area contributed by atoms with Gasteiger partial charge in [-0.05, 0) is 57.1 Å². The fourth-order valence-electron chi connectivity index (χ4n) is 2.81. The third kappa shape index (κ3) is 3.05. The Hall–Kier alpha value is -0.930. The molecule has 0 spiro atoms. The van der Waals surface area contributed by atoms with Crippen molar-refractivity contribution in [1.29, 1.82) is 0 Å². The zero-order valence-corrected chi connectivity index (χ0v) is 10.9. The van der Waals surface area contributed by atoms with Gasteiger partial charge in [-0.15, -0.1) is 0 Å². The minimum atomic E-state index is 0.529. The highest BCUT2D eigenvalue weighted by atomic mass is 15.2. The average molecular weight is 233 g/mol. The van der Waals surface area contributed by atoms with E-state index in [0.717, 1.165) is 25.6 Å². The molecule has 3 nitrogen and oxygen atoms in total. The highest BCUT2D eigenvalue weighted by Crippen LogP contribution is 2.26. The molecule has 1 aliphatic heterocycles. The molecular weight excluding hydrogens is 210 g/mol. The standard InChI is InChI=1S/C14H23N3/c1-3-14(12-4-8-15-9-5-12)17(2)13-6-10-16-11-7-13/h4-5,8-9,13-14,16H,3,6-7,10-11H2,1-2H3. The Labute approximate surface area is 104 Å². The van der Waals surface area contributed by atoms with Gasteiger partial charge in [0.05, 0.1) is 0 Å². The van der Waals surface area contributed by atoms with Crippen molar-refractivity contribution in [2.24, 2.45) is 0 Å². The molecule has 1 aromatic rings. The van der Waals surface area contributed by atoms with E-state index in [-0.39, 0.29) is 0 Å². The molecule has 1 atom stereocenters. The van der Waals surface area contributed by atoms with E-state index < -0.39 is 0 Å². The lowest BCUT2D eigenvalue weighted by molar-refractivity contribution is 0.139. The molecule has 1 saturated heterocycles. The second-order valence-corrected chi connectivity index (χ2v) is 4.85. The van der Waals surface area contributed by atoms with Crippen LogP contribution in [0.15, 0.2) is 24.5 Å². The number of rotatable bonds is 4. The Morgan fingerprint density at radius 1 is 1.35 bits per heavy atom. The number of hydrogen-bond donors (Lipinski definition) is 1. The van der Waals surface area contributed by atoms with Crippen LogP contribution in [0.2, 0.25) is 0 Å². The topological polar surface area (TPSA) is 28.2 Å². The lowest BCUT2D eigenvalue weighted by atomic mass is 9.98. The summed E-state index contributed by atoms with van der Waals surface area (Å²) in [5.74, 6) is 0. The fourth-order valence-corrected chi connectivity index (χ4v) is 2.81. The summed E-state index contributed by atoms with van der Waals surface area (Å²) in [5, 5.41) is 3.43. The Bertz CT molecular complexity index is 319. The molecule has 0 radical (unpaired) electrons. The molecule has 1 aliphatic rings. The summed E-state index contributed by atoms with van der Waals surface area (Å²) in [6.07, 6.45) is 7.48. The zero-order chi connectivity index (χ0) is 12.1. The van der Waals surface area contributed by atoms with Gasteiger partial charge < -0.3 is 5.32 Å². The average Bonchev–Trinajstić information content (AvgIpc) is 2.42. The van der Waals surface area contributed by atoms with Crippen LogP contribution in [0.5, 0.6) is 0 Å². The predicted octanol–water partition coefficient (Wildman–Crippen LogP) is 2.22. The van der Waals surface area contributed by atoms with E-state index in [4.69, 9.17) is 0 Å². The van der Waals surface area contributed by atoms with Crippen molar-refractivity contribution in [3.8, 4) is 0 Å². The molecule has 0 amide bonds. The maximum atomic E-state index is 4.11. The largest absolute Gasteiger partial charge is 0.317 e. The fraction of sp³-hybridized carbons (Fsp3) is 0.643. The molecule has 17 heavy (non-hydrogen) atoms. The number of nitrogens with one attached hydrogen (secondary N) is 1. The minimum Gasteiger partial charge on any atom is -0.317 e. The van der Waals surface area contributed by atoms with Gasteiger partial charge in [-0.25, -0.2) is 0 Å². The molecule has 2 rings (SSSR count). The van der Waals surface area contributed by atoms with Crippen molar-refractivity contribution in [3.05, 3.63) is 30.1 Å². The van der Waals surface area contributed by atoms with Crippen LogP contribution >= 0.6 is 0 Å². The van der Waals surface area contributed by atoms with Gasteiger partial charge in [0.25, 0.3) is 0 Å². The predicted molar refractivity (Wildman–Crippen MR) is 70.9 cm³/mol. The van der Waals surface area contributed by atoms with Crippen LogP contribution in [0.25, 0.3) is 0 Å². The van der Waals surface area contributed by atoms with E-state index in [1.807, 2.05) is 12.4 Å². The number of aromatic nitrogens is 1. The summed E-state index contributed by atoms with van der Waals surface area (Å²) < 4.78 is 0. The highest BCUT2D eigenvalue weighted by Gasteiger charge is 2.24. The van der Waals surface area contributed by atoms with Gasteiger partial charge >= 0.3 is 0 Å². The van der Waals surface area contributed by atoms with Crippen LogP contribution in [0.4, 0.5) is 0 Å². The quantitative estimate of drug-likeness (QED) is 0.864. The molecule has 0 aromatic carbocycles. The zero-order valence-electron chi connectivity index (χ0n) is 10.9. The highest BCUT2D eigenvalue weighted by molar-refractivity contribution is 5.15. The van der Waals surface area contributed by atoms with Crippen molar-refractivity contribution in [2.45, 2.75) is 38.3 Å². The molecule has 1 fully saturated rings. The van der Waals surface area contributed by atoms with Gasteiger partial charge in [0.15, 0.2) is 0 Å². The van der Waals surface area contributed by atoms with Gasteiger partial charge in [-0.1, -0.05) is 6.92 Å². The smallest absolute Gasteiger partial charge is 0.0346 e. The SMILES string of the molecule is CCC(c1ccncc1)N(C)C1CCNCC1. The second kappa shape index (κ2) is 6.12. The van der Waals surface area contributed by atoms with Crippen LogP contribution in [-0.4, -0.2) is 36.1 Å². The summed E-state index contributed by atoms with van der Waals surface area (Å²) in [6.45, 7) is 4.58. The second-order valence-electron chi connectivity index (χ2n) is 4.85. The van der Waals surface area contributed by atoms with E-state index in [1.165, 1.54) is 18.4 Å². The van der Waals surface area contributed by atoms with Crippen LogP contribution in [0.1, 0.15) is 37.8 Å². The van der Waals surface area contributed by atoms with Gasteiger partial charge in [0, 0.05) is 24.5 Å². The normalized spacial score (nSPS) is 19.5. The summed E-state index contributed by atoms with van der Waals surface area (Å²) in [6, 6.07) is 5.53. The number of hydrogen-bond acceptors (Lipinski definition) is 3. The van der Waals surface area contributed by atoms with Gasteiger partial charge in [-0.2, -0.15) is 0 Å². The summed E-state index contributed by atoms with van der Waals surface area (Å²) in [7, 11) is 2.27. The number of nitrogens with zero attached hydrogens (tertiary/aromatic N) is 2. The van der Waals surface area contributed by atoms with Gasteiger partial charge in [-0.3, -0.25) is 9.88 Å². The van der Waals surface area contributed by atoms with Crippen molar-refractivity contribution >= 4 is 0 Å². The molecule has 2 heterocycles. The lowest BCUT2D eigenvalue weighted by Gasteiger charge is -2.37. The molecule has 0 saturated carbocycles. The molecule has 3 heteroatoms. The van der Waals surface area contributed by atoms with Crippen LogP contribution in [0, 0.1) is 0 Å². The van der Waals surface area contributed by atoms with E-state index in [2.05, 4.69) is 41.3 Å². The van der Waals surface area contributed by atoms with E-state index >= 15 is 0 Å². The maximum absolute atomic E-state index is 4.11. The molecule has 1 unspecified atom stereocenters. The first-order valence-electron chi connectivity index (χ1n) is 6.65. The number of pyridine rings is 1. The van der Waals surface area contributed by atoms with Crippen molar-refractivity contribution in [2.75, 3.05) is 20.1 Å². The first-order chi connectivity index (χ1) is 8.33. The van der Waals surface area contributed by atoms with Crippen molar-refractivity contribution in [3.63, 3.8) is 0 Å². The lowest BCUT2D eigenvalue weighted by Crippen LogP contribution is -2.42. The molecule has 1 aromatic heterocycles. The molecule has 0 bridgehead atoms. The van der Waals surface area contributed by atoms with Crippen LogP contribution in [-0.2, 0) is 0 Å². The van der Waals surface area contributed by atoms with Crippen molar-refractivity contribution < 1.29 is 0 Å². The molecule has 0 aliphatic carbocycles. The minimum absolute atomic E-state index is 0.529. The summed E-state index contributed by atoms with van der Waals surface area (Å²) in [4.78, 5) is 6.66. The van der Waals surface area contributed by atoms with Crippen LogP contribution < -0.4 is 5.32 Å². The molecule has 1 N–H and O–H groups in total. The van der Waals surface area contributed by atoms with Crippen LogP contribution in [0.3, 0.4) is 0 Å².